The minimum absolute atomic E-state index is 0.159. The fraction of sp³-hybridized carbons (Fsp3) is 0.273. The summed E-state index contributed by atoms with van der Waals surface area (Å²) in [7, 11) is 1.60. The predicted octanol–water partition coefficient (Wildman–Crippen LogP) is 1.31. The van der Waals surface area contributed by atoms with Gasteiger partial charge in [0.15, 0.2) is 0 Å². The maximum absolute atomic E-state index is 11.5. The van der Waals surface area contributed by atoms with Crippen LogP contribution in [0.4, 0.5) is 0 Å². The normalized spacial score (nSPS) is 10.5. The number of aryl methyl sites for hydroxylation is 1. The van der Waals surface area contributed by atoms with E-state index in [0.29, 0.717) is 23.9 Å². The maximum Gasteiger partial charge on any atom is 0.345 e. The van der Waals surface area contributed by atoms with E-state index in [2.05, 4.69) is 5.10 Å². The molecule has 0 N–H and O–H groups in total. The van der Waals surface area contributed by atoms with Crippen LogP contribution >= 0.6 is 11.6 Å². The highest BCUT2D eigenvalue weighted by Gasteiger charge is 2.02. The summed E-state index contributed by atoms with van der Waals surface area (Å²) in [6.45, 7) is 0.813. The van der Waals surface area contributed by atoms with Crippen LogP contribution in [0.2, 0.25) is 5.02 Å². The minimum atomic E-state index is -0.159. The number of hydrogen-bond acceptors (Lipinski definition) is 3. The third-order valence-corrected chi connectivity index (χ3v) is 2.63. The van der Waals surface area contributed by atoms with E-state index in [4.69, 9.17) is 16.3 Å². The highest BCUT2D eigenvalue weighted by Crippen LogP contribution is 2.22. The first-order chi connectivity index (χ1) is 8.18. The molecule has 0 saturated carbocycles. The van der Waals surface area contributed by atoms with Gasteiger partial charge in [-0.2, -0.15) is 5.10 Å². The third-order valence-electron chi connectivity index (χ3n) is 2.31. The largest absolute Gasteiger partial charge is 0.490 e. The van der Waals surface area contributed by atoms with Gasteiger partial charge in [0, 0.05) is 7.05 Å². The van der Waals surface area contributed by atoms with Crippen molar-refractivity contribution in [1.82, 2.24) is 14.3 Å². The molecule has 5 nitrogen and oxygen atoms in total. The van der Waals surface area contributed by atoms with Crippen LogP contribution in [-0.4, -0.2) is 21.0 Å². The first-order valence-corrected chi connectivity index (χ1v) is 5.52. The van der Waals surface area contributed by atoms with E-state index in [1.54, 1.807) is 19.2 Å². The number of aromatic nitrogens is 3. The van der Waals surface area contributed by atoms with Gasteiger partial charge < -0.3 is 4.74 Å². The van der Waals surface area contributed by atoms with Gasteiger partial charge >= 0.3 is 5.69 Å². The van der Waals surface area contributed by atoms with E-state index in [-0.39, 0.29) is 5.69 Å². The Morgan fingerprint density at radius 2 is 2.18 bits per heavy atom. The first kappa shape index (κ1) is 11.7. The van der Waals surface area contributed by atoms with E-state index in [1.165, 1.54) is 15.6 Å². The average Bonchev–Trinajstić information content (AvgIpc) is 2.63. The van der Waals surface area contributed by atoms with Crippen LogP contribution in [0.3, 0.4) is 0 Å². The molecule has 17 heavy (non-hydrogen) atoms. The molecule has 2 aromatic rings. The lowest BCUT2D eigenvalue weighted by Crippen LogP contribution is -2.24. The zero-order valence-corrected chi connectivity index (χ0v) is 10.1. The number of para-hydroxylation sites is 1. The van der Waals surface area contributed by atoms with Crippen LogP contribution in [0.15, 0.2) is 35.4 Å². The summed E-state index contributed by atoms with van der Waals surface area (Å²) in [6, 6.07) is 7.22. The molecule has 0 radical (unpaired) electrons. The number of hydrogen-bond donors (Lipinski definition) is 0. The Labute approximate surface area is 103 Å². The Hall–Kier alpha value is -1.75. The minimum Gasteiger partial charge on any atom is -0.490 e. The molecule has 0 fully saturated rings. The van der Waals surface area contributed by atoms with Crippen LogP contribution in [0.25, 0.3) is 0 Å². The molecule has 0 bridgehead atoms. The second-order valence-corrected chi connectivity index (χ2v) is 3.92. The predicted molar refractivity (Wildman–Crippen MR) is 64.4 cm³/mol. The van der Waals surface area contributed by atoms with Gasteiger partial charge in [0.2, 0.25) is 0 Å². The molecule has 0 aliphatic heterocycles. The second-order valence-electron chi connectivity index (χ2n) is 3.51. The van der Waals surface area contributed by atoms with Gasteiger partial charge in [-0.15, -0.1) is 0 Å². The lowest BCUT2D eigenvalue weighted by Gasteiger charge is -2.07. The molecule has 90 valence electrons. The number of ether oxygens (including phenoxy) is 1. The second kappa shape index (κ2) is 5.05. The molecule has 0 atom stereocenters. The van der Waals surface area contributed by atoms with Crippen molar-refractivity contribution in [2.24, 2.45) is 7.05 Å². The van der Waals surface area contributed by atoms with Gasteiger partial charge in [-0.25, -0.2) is 9.48 Å². The van der Waals surface area contributed by atoms with E-state index in [1.807, 2.05) is 12.1 Å². The molecule has 0 saturated heterocycles. The Balaban J connectivity index is 1.95. The molecule has 1 heterocycles. The first-order valence-electron chi connectivity index (χ1n) is 5.14. The lowest BCUT2D eigenvalue weighted by molar-refractivity contribution is 0.296. The maximum atomic E-state index is 11.5. The number of benzene rings is 1. The molecule has 0 aliphatic carbocycles. The average molecular weight is 254 g/mol. The summed E-state index contributed by atoms with van der Waals surface area (Å²) < 4.78 is 8.23. The van der Waals surface area contributed by atoms with E-state index >= 15 is 0 Å². The number of halogens is 1. The molecule has 0 aliphatic rings. The summed E-state index contributed by atoms with van der Waals surface area (Å²) in [5, 5.41) is 4.41. The fourth-order valence-electron chi connectivity index (χ4n) is 1.39. The van der Waals surface area contributed by atoms with Crippen molar-refractivity contribution in [2.45, 2.75) is 6.54 Å². The number of rotatable bonds is 4. The molecule has 1 aromatic carbocycles. The summed E-state index contributed by atoms with van der Waals surface area (Å²) in [4.78, 5) is 11.5. The van der Waals surface area contributed by atoms with Crippen molar-refractivity contribution >= 4 is 11.6 Å². The summed E-state index contributed by atoms with van der Waals surface area (Å²) >= 11 is 5.93. The van der Waals surface area contributed by atoms with E-state index < -0.39 is 0 Å². The van der Waals surface area contributed by atoms with Crippen LogP contribution in [0.5, 0.6) is 5.75 Å². The van der Waals surface area contributed by atoms with Gasteiger partial charge in [0.25, 0.3) is 0 Å². The van der Waals surface area contributed by atoms with Gasteiger partial charge in [-0.1, -0.05) is 23.7 Å². The van der Waals surface area contributed by atoms with Gasteiger partial charge in [0.1, 0.15) is 18.7 Å². The van der Waals surface area contributed by atoms with Crippen LogP contribution < -0.4 is 10.4 Å². The molecular formula is C11H12ClN3O2. The van der Waals surface area contributed by atoms with Crippen molar-refractivity contribution in [1.29, 1.82) is 0 Å². The van der Waals surface area contributed by atoms with E-state index in [0.717, 1.165) is 0 Å². The zero-order chi connectivity index (χ0) is 12.3. The molecule has 6 heteroatoms. The molecule has 0 spiro atoms. The third kappa shape index (κ3) is 2.68. The summed E-state index contributed by atoms with van der Waals surface area (Å²) in [5.74, 6) is 0.617. The van der Waals surface area contributed by atoms with Crippen molar-refractivity contribution < 1.29 is 4.74 Å². The zero-order valence-electron chi connectivity index (χ0n) is 9.34. The Kier molecular flexibility index (Phi) is 3.49. The van der Waals surface area contributed by atoms with Gasteiger partial charge in [-0.05, 0) is 12.1 Å². The highest BCUT2D eigenvalue weighted by molar-refractivity contribution is 6.32. The Morgan fingerprint density at radius 1 is 1.41 bits per heavy atom. The van der Waals surface area contributed by atoms with Gasteiger partial charge in [-0.3, -0.25) is 4.57 Å². The quantitative estimate of drug-likeness (QED) is 0.826. The monoisotopic (exact) mass is 253 g/mol. The smallest absolute Gasteiger partial charge is 0.345 e. The SMILES string of the molecule is Cn1ncn(CCOc2ccccc2Cl)c1=O. The summed E-state index contributed by atoms with van der Waals surface area (Å²) in [5.41, 5.74) is -0.159. The van der Waals surface area contributed by atoms with Gasteiger partial charge in [0.05, 0.1) is 11.6 Å². The van der Waals surface area contributed by atoms with Crippen molar-refractivity contribution in [3.8, 4) is 5.75 Å². The topological polar surface area (TPSA) is 49.0 Å². The Bertz CT molecular complexity index is 562. The van der Waals surface area contributed by atoms with Crippen molar-refractivity contribution in [2.75, 3.05) is 6.61 Å². The highest BCUT2D eigenvalue weighted by atomic mass is 35.5. The van der Waals surface area contributed by atoms with Crippen LogP contribution in [0, 0.1) is 0 Å². The molecule has 1 aromatic heterocycles. The standard InChI is InChI=1S/C11H12ClN3O2/c1-14-11(16)15(8-13-14)6-7-17-10-5-3-2-4-9(10)12/h2-5,8H,6-7H2,1H3. The summed E-state index contributed by atoms with van der Waals surface area (Å²) in [6.07, 6.45) is 1.48. The fourth-order valence-corrected chi connectivity index (χ4v) is 1.58. The molecule has 2 rings (SSSR count). The number of nitrogens with zero attached hydrogens (tertiary/aromatic N) is 3. The molecule has 0 amide bonds. The van der Waals surface area contributed by atoms with Crippen LogP contribution in [-0.2, 0) is 13.6 Å². The molecule has 0 unspecified atom stereocenters. The molecular weight excluding hydrogens is 242 g/mol. The van der Waals surface area contributed by atoms with E-state index in [9.17, 15) is 4.79 Å². The van der Waals surface area contributed by atoms with Crippen molar-refractivity contribution in [3.63, 3.8) is 0 Å². The van der Waals surface area contributed by atoms with Crippen LogP contribution in [0.1, 0.15) is 0 Å². The lowest BCUT2D eigenvalue weighted by atomic mass is 10.3. The van der Waals surface area contributed by atoms with Crippen molar-refractivity contribution in [3.05, 3.63) is 46.1 Å². The Morgan fingerprint density at radius 3 is 2.82 bits per heavy atom.